The zero-order valence-corrected chi connectivity index (χ0v) is 14.0. The summed E-state index contributed by atoms with van der Waals surface area (Å²) in [5.41, 5.74) is 2.61. The van der Waals surface area contributed by atoms with E-state index in [9.17, 15) is 13.6 Å². The maximum Gasteiger partial charge on any atom is 0.223 e. The monoisotopic (exact) mass is 333 g/mol. The summed E-state index contributed by atoms with van der Waals surface area (Å²) in [5, 5.41) is 2.75. The van der Waals surface area contributed by atoms with Crippen LogP contribution in [0.4, 0.5) is 8.78 Å². The number of carbonyl (C=O) groups is 1. The van der Waals surface area contributed by atoms with E-state index in [1.54, 1.807) is 6.92 Å². The molecule has 1 amide bonds. The van der Waals surface area contributed by atoms with Crippen LogP contribution in [0.3, 0.4) is 0 Å². The predicted molar refractivity (Wildman–Crippen MR) is 88.9 cm³/mol. The van der Waals surface area contributed by atoms with Crippen LogP contribution >= 0.6 is 0 Å². The predicted octanol–water partition coefficient (Wildman–Crippen LogP) is 4.23. The number of carbonyl (C=O) groups excluding carboxylic acids is 1. The largest absolute Gasteiger partial charge is 0.493 e. The van der Waals surface area contributed by atoms with Crippen LogP contribution in [0, 0.1) is 25.5 Å². The van der Waals surface area contributed by atoms with Crippen molar-refractivity contribution in [1.29, 1.82) is 0 Å². The van der Waals surface area contributed by atoms with E-state index in [1.165, 1.54) is 6.07 Å². The van der Waals surface area contributed by atoms with E-state index in [0.29, 0.717) is 5.56 Å². The summed E-state index contributed by atoms with van der Waals surface area (Å²) in [6.45, 7) is 5.89. The standard InChI is InChI=1S/C19H21F2NO2/c1-12-4-5-13(2)18(10-12)24-9-8-19(23)22-14(3)15-6-7-16(20)17(21)11-15/h4-7,10-11,14H,8-9H2,1-3H3,(H,22,23). The van der Waals surface area contributed by atoms with Crippen LogP contribution in [0.5, 0.6) is 5.75 Å². The lowest BCUT2D eigenvalue weighted by atomic mass is 10.1. The van der Waals surface area contributed by atoms with Crippen molar-refractivity contribution in [2.45, 2.75) is 33.2 Å². The molecule has 1 N–H and O–H groups in total. The first kappa shape index (κ1) is 17.9. The number of ether oxygens (including phenoxy) is 1. The second-order valence-corrected chi connectivity index (χ2v) is 5.83. The van der Waals surface area contributed by atoms with Gasteiger partial charge in [0.05, 0.1) is 19.1 Å². The fourth-order valence-electron chi connectivity index (χ4n) is 2.30. The molecule has 5 heteroatoms. The molecule has 0 saturated carbocycles. The van der Waals surface area contributed by atoms with Gasteiger partial charge in [-0.2, -0.15) is 0 Å². The Labute approximate surface area is 140 Å². The van der Waals surface area contributed by atoms with Crippen LogP contribution in [-0.2, 0) is 4.79 Å². The molecular formula is C19H21F2NO2. The molecule has 0 aromatic heterocycles. The van der Waals surface area contributed by atoms with Crippen LogP contribution in [0.1, 0.15) is 36.1 Å². The molecule has 3 nitrogen and oxygen atoms in total. The Balaban J connectivity index is 1.84. The van der Waals surface area contributed by atoms with Gasteiger partial charge in [-0.1, -0.05) is 18.2 Å². The summed E-state index contributed by atoms with van der Waals surface area (Å²) in [6.07, 6.45) is 0.182. The number of rotatable bonds is 6. The van der Waals surface area contributed by atoms with Gasteiger partial charge in [0, 0.05) is 0 Å². The van der Waals surface area contributed by atoms with Crippen LogP contribution in [0.25, 0.3) is 0 Å². The minimum atomic E-state index is -0.924. The third-order valence-corrected chi connectivity index (χ3v) is 3.75. The van der Waals surface area contributed by atoms with E-state index in [-0.39, 0.29) is 18.9 Å². The molecule has 2 aromatic rings. The summed E-state index contributed by atoms with van der Waals surface area (Å²) >= 11 is 0. The van der Waals surface area contributed by atoms with Gasteiger partial charge in [0.25, 0.3) is 0 Å². The highest BCUT2D eigenvalue weighted by atomic mass is 19.2. The van der Waals surface area contributed by atoms with E-state index in [4.69, 9.17) is 4.74 Å². The molecule has 1 atom stereocenters. The zero-order valence-electron chi connectivity index (χ0n) is 14.0. The first-order chi connectivity index (χ1) is 11.4. The molecular weight excluding hydrogens is 312 g/mol. The Morgan fingerprint density at radius 1 is 1.12 bits per heavy atom. The minimum Gasteiger partial charge on any atom is -0.493 e. The molecule has 0 fully saturated rings. The number of benzene rings is 2. The Kier molecular flexibility index (Phi) is 5.90. The van der Waals surface area contributed by atoms with Crippen LogP contribution < -0.4 is 10.1 Å². The van der Waals surface area contributed by atoms with E-state index in [0.717, 1.165) is 29.0 Å². The number of aryl methyl sites for hydroxylation is 2. The van der Waals surface area contributed by atoms with Gasteiger partial charge in [0.2, 0.25) is 5.91 Å². The summed E-state index contributed by atoms with van der Waals surface area (Å²) in [6, 6.07) is 9.08. The lowest BCUT2D eigenvalue weighted by molar-refractivity contribution is -0.122. The van der Waals surface area contributed by atoms with Crippen LogP contribution in [0.2, 0.25) is 0 Å². The van der Waals surface area contributed by atoms with Crippen molar-refractivity contribution < 1.29 is 18.3 Å². The molecule has 0 aliphatic heterocycles. The molecule has 2 aromatic carbocycles. The van der Waals surface area contributed by atoms with Gasteiger partial charge in [-0.05, 0) is 55.7 Å². The number of amides is 1. The third-order valence-electron chi connectivity index (χ3n) is 3.75. The molecule has 0 radical (unpaired) electrons. The normalized spacial score (nSPS) is 11.9. The van der Waals surface area contributed by atoms with Crippen molar-refractivity contribution >= 4 is 5.91 Å². The third kappa shape index (κ3) is 4.78. The highest BCUT2D eigenvalue weighted by Crippen LogP contribution is 2.19. The minimum absolute atomic E-state index is 0.182. The number of halogens is 2. The van der Waals surface area contributed by atoms with Gasteiger partial charge < -0.3 is 10.1 Å². The molecule has 0 saturated heterocycles. The maximum atomic E-state index is 13.2. The number of hydrogen-bond acceptors (Lipinski definition) is 2. The summed E-state index contributed by atoms with van der Waals surface area (Å²) in [4.78, 5) is 12.0. The fraction of sp³-hybridized carbons (Fsp3) is 0.316. The molecule has 0 bridgehead atoms. The fourth-order valence-corrected chi connectivity index (χ4v) is 2.30. The van der Waals surface area contributed by atoms with Gasteiger partial charge in [-0.25, -0.2) is 8.78 Å². The molecule has 128 valence electrons. The highest BCUT2D eigenvalue weighted by Gasteiger charge is 2.12. The molecule has 0 aliphatic rings. The van der Waals surface area contributed by atoms with Crippen molar-refractivity contribution in [2.75, 3.05) is 6.61 Å². The number of nitrogens with one attached hydrogen (secondary N) is 1. The Morgan fingerprint density at radius 2 is 1.88 bits per heavy atom. The van der Waals surface area contributed by atoms with E-state index in [2.05, 4.69) is 5.32 Å². The van der Waals surface area contributed by atoms with Gasteiger partial charge in [-0.3, -0.25) is 4.79 Å². The Hall–Kier alpha value is -2.43. The van der Waals surface area contributed by atoms with E-state index in [1.807, 2.05) is 32.0 Å². The molecule has 2 rings (SSSR count). The van der Waals surface area contributed by atoms with Crippen molar-refractivity contribution in [3.8, 4) is 5.75 Å². The van der Waals surface area contributed by atoms with Gasteiger partial charge in [0.15, 0.2) is 11.6 Å². The zero-order chi connectivity index (χ0) is 17.7. The smallest absolute Gasteiger partial charge is 0.223 e. The molecule has 0 aliphatic carbocycles. The van der Waals surface area contributed by atoms with Gasteiger partial charge >= 0.3 is 0 Å². The quantitative estimate of drug-likeness (QED) is 0.859. The second kappa shape index (κ2) is 7.90. The second-order valence-electron chi connectivity index (χ2n) is 5.83. The highest BCUT2D eigenvalue weighted by molar-refractivity contribution is 5.76. The lowest BCUT2D eigenvalue weighted by Crippen LogP contribution is -2.28. The van der Waals surface area contributed by atoms with Crippen molar-refractivity contribution in [3.63, 3.8) is 0 Å². The first-order valence-corrected chi connectivity index (χ1v) is 7.81. The van der Waals surface area contributed by atoms with Crippen LogP contribution in [0.15, 0.2) is 36.4 Å². The summed E-state index contributed by atoms with van der Waals surface area (Å²) in [7, 11) is 0. The van der Waals surface area contributed by atoms with Gasteiger partial charge in [-0.15, -0.1) is 0 Å². The maximum absolute atomic E-state index is 13.2. The van der Waals surface area contributed by atoms with E-state index >= 15 is 0 Å². The topological polar surface area (TPSA) is 38.3 Å². The summed E-state index contributed by atoms with van der Waals surface area (Å²) in [5.74, 6) is -1.28. The Morgan fingerprint density at radius 3 is 2.58 bits per heavy atom. The number of hydrogen-bond donors (Lipinski definition) is 1. The molecule has 1 unspecified atom stereocenters. The van der Waals surface area contributed by atoms with Crippen molar-refractivity contribution in [1.82, 2.24) is 5.32 Å². The average Bonchev–Trinajstić information content (AvgIpc) is 2.53. The van der Waals surface area contributed by atoms with Crippen molar-refractivity contribution in [3.05, 3.63) is 64.7 Å². The SMILES string of the molecule is Cc1ccc(C)c(OCCC(=O)NC(C)c2ccc(F)c(F)c2)c1. The average molecular weight is 333 g/mol. The van der Waals surface area contributed by atoms with Gasteiger partial charge in [0.1, 0.15) is 5.75 Å². The lowest BCUT2D eigenvalue weighted by Gasteiger charge is -2.15. The molecule has 24 heavy (non-hydrogen) atoms. The van der Waals surface area contributed by atoms with E-state index < -0.39 is 17.7 Å². The Bertz CT molecular complexity index is 731. The first-order valence-electron chi connectivity index (χ1n) is 7.81. The van der Waals surface area contributed by atoms with Crippen LogP contribution in [-0.4, -0.2) is 12.5 Å². The summed E-state index contributed by atoms with van der Waals surface area (Å²) < 4.78 is 31.8. The molecule has 0 spiro atoms. The molecule has 0 heterocycles. The van der Waals surface area contributed by atoms with Crippen molar-refractivity contribution in [2.24, 2.45) is 0 Å².